The number of benzene rings is 2. The summed E-state index contributed by atoms with van der Waals surface area (Å²) in [6.45, 7) is 0.769. The molecule has 0 unspecified atom stereocenters. The van der Waals surface area contributed by atoms with Gasteiger partial charge in [0.1, 0.15) is 17.4 Å². The number of hydrogen-bond acceptors (Lipinski definition) is 10. The standard InChI is InChI=1S/C31H34N2O8/c1-33-11-10-31-15-22(34)23(38-3)14-20(31)21(33)12-18-19(13-24(39-4)28(35)26(18)31)29-25(30(36)40-5)27(32-41-29)16-6-8-17(37-2)9-7-16/h6-9,13-14,20-21,25,29,35H,10-12,15H2,1-5H3/t20-,21+,25+,29-,31-/m0/s1. The zero-order valence-electron chi connectivity index (χ0n) is 23.8. The molecule has 10 heteroatoms. The maximum atomic E-state index is 13.3. The Morgan fingerprint density at radius 1 is 1.12 bits per heavy atom. The summed E-state index contributed by atoms with van der Waals surface area (Å²) in [5.74, 6) is -0.209. The summed E-state index contributed by atoms with van der Waals surface area (Å²) >= 11 is 0. The van der Waals surface area contributed by atoms with Gasteiger partial charge in [-0.15, -0.1) is 0 Å². The van der Waals surface area contributed by atoms with Gasteiger partial charge in [0, 0.05) is 40.5 Å². The fourth-order valence-electron chi connectivity index (χ4n) is 7.35. The Kier molecular flexibility index (Phi) is 6.68. The molecule has 0 amide bonds. The van der Waals surface area contributed by atoms with Crippen LogP contribution in [0.5, 0.6) is 17.2 Å². The largest absolute Gasteiger partial charge is 0.504 e. The number of Topliss-reactive ketones (excluding diaryl/α,β-unsaturated/α-hetero) is 1. The molecule has 5 atom stereocenters. The summed E-state index contributed by atoms with van der Waals surface area (Å²) in [4.78, 5) is 34.9. The van der Waals surface area contributed by atoms with E-state index in [0.717, 1.165) is 12.1 Å². The summed E-state index contributed by atoms with van der Waals surface area (Å²) in [5.41, 5.74) is 2.71. The first-order valence-electron chi connectivity index (χ1n) is 13.7. The number of phenols is 1. The van der Waals surface area contributed by atoms with Crippen molar-refractivity contribution < 1.29 is 38.5 Å². The minimum atomic E-state index is -0.868. The van der Waals surface area contributed by atoms with Crippen LogP contribution in [0.3, 0.4) is 0 Å². The average molecular weight is 563 g/mol. The molecule has 2 heterocycles. The van der Waals surface area contributed by atoms with Crippen LogP contribution >= 0.6 is 0 Å². The topological polar surface area (TPSA) is 116 Å². The SMILES string of the molecule is COC(=O)[C@@H]1C(c2ccc(OC)cc2)=NO[C@H]1c1cc(OC)c(O)c2c1C[C@@H]1[C@@H]3C=C(OC)C(=O)C[C@]23CCN1C. The molecule has 0 spiro atoms. The first-order valence-corrected chi connectivity index (χ1v) is 13.7. The number of methoxy groups -OCH3 is 4. The minimum absolute atomic E-state index is 0.0187. The average Bonchev–Trinajstić information content (AvgIpc) is 3.43. The third-order valence-electron chi connectivity index (χ3n) is 9.38. The van der Waals surface area contributed by atoms with Gasteiger partial charge in [0.2, 0.25) is 0 Å². The molecule has 0 radical (unpaired) electrons. The number of fused-ring (bicyclic) bond motifs is 1. The molecule has 1 N–H and O–H groups in total. The van der Waals surface area contributed by atoms with Crippen LogP contribution in [0, 0.1) is 11.8 Å². The van der Waals surface area contributed by atoms with Gasteiger partial charge in [-0.05, 0) is 68.4 Å². The number of esters is 1. The van der Waals surface area contributed by atoms with Gasteiger partial charge >= 0.3 is 5.97 Å². The van der Waals surface area contributed by atoms with Crippen LogP contribution in [0.4, 0.5) is 0 Å². The van der Waals surface area contributed by atoms with Crippen LogP contribution < -0.4 is 9.47 Å². The molecule has 1 saturated heterocycles. The Morgan fingerprint density at radius 2 is 1.88 bits per heavy atom. The summed E-state index contributed by atoms with van der Waals surface area (Å²) in [6, 6.07) is 9.01. The number of aromatic hydroxyl groups is 1. The van der Waals surface area contributed by atoms with Gasteiger partial charge in [-0.3, -0.25) is 9.59 Å². The van der Waals surface area contributed by atoms with E-state index in [1.54, 1.807) is 25.3 Å². The third-order valence-corrected chi connectivity index (χ3v) is 9.38. The fourth-order valence-corrected chi connectivity index (χ4v) is 7.35. The minimum Gasteiger partial charge on any atom is -0.504 e. The van der Waals surface area contributed by atoms with Crippen molar-refractivity contribution in [2.75, 3.05) is 42.0 Å². The zero-order valence-corrected chi connectivity index (χ0v) is 23.8. The first-order chi connectivity index (χ1) is 19.8. The number of carbonyl (C=O) groups excluding carboxylic acids is 2. The molecule has 0 saturated carbocycles. The molecular formula is C31H34N2O8. The monoisotopic (exact) mass is 562 g/mol. The summed E-state index contributed by atoms with van der Waals surface area (Å²) in [5, 5.41) is 16.0. The molecule has 2 bridgehead atoms. The highest BCUT2D eigenvalue weighted by atomic mass is 16.6. The highest BCUT2D eigenvalue weighted by Crippen LogP contribution is 2.59. The smallest absolute Gasteiger partial charge is 0.319 e. The number of ketones is 1. The number of phenolic OH excluding ortho intramolecular Hbond substituents is 1. The van der Waals surface area contributed by atoms with Gasteiger partial charge < -0.3 is 33.8 Å². The number of likely N-dealkylation sites (tertiary alicyclic amines) is 1. The molecule has 2 aliphatic carbocycles. The van der Waals surface area contributed by atoms with E-state index in [0.29, 0.717) is 46.8 Å². The predicted molar refractivity (Wildman–Crippen MR) is 148 cm³/mol. The van der Waals surface area contributed by atoms with Crippen molar-refractivity contribution in [2.45, 2.75) is 36.8 Å². The third kappa shape index (κ3) is 3.99. The molecule has 6 rings (SSSR count). The van der Waals surface area contributed by atoms with Crippen molar-refractivity contribution in [2.24, 2.45) is 17.0 Å². The molecule has 1 fully saturated rings. The van der Waals surface area contributed by atoms with Gasteiger partial charge in [0.05, 0.1) is 28.4 Å². The van der Waals surface area contributed by atoms with E-state index >= 15 is 0 Å². The van der Waals surface area contributed by atoms with Crippen molar-refractivity contribution >= 4 is 17.5 Å². The molecule has 216 valence electrons. The van der Waals surface area contributed by atoms with E-state index in [1.165, 1.54) is 21.3 Å². The van der Waals surface area contributed by atoms with E-state index in [-0.39, 0.29) is 35.7 Å². The number of likely N-dealkylation sites (N-methyl/N-ethyl adjacent to an activating group) is 1. The Balaban J connectivity index is 1.53. The van der Waals surface area contributed by atoms with Crippen LogP contribution in [0.2, 0.25) is 0 Å². The van der Waals surface area contributed by atoms with Crippen molar-refractivity contribution in [1.29, 1.82) is 0 Å². The molecule has 2 aromatic rings. The molecule has 41 heavy (non-hydrogen) atoms. The van der Waals surface area contributed by atoms with E-state index in [9.17, 15) is 14.7 Å². The molecule has 0 aromatic heterocycles. The predicted octanol–water partition coefficient (Wildman–Crippen LogP) is 3.29. The van der Waals surface area contributed by atoms with Gasteiger partial charge in [-0.1, -0.05) is 5.16 Å². The van der Waals surface area contributed by atoms with Crippen molar-refractivity contribution in [3.63, 3.8) is 0 Å². The lowest BCUT2D eigenvalue weighted by atomic mass is 9.53. The van der Waals surface area contributed by atoms with E-state index in [4.69, 9.17) is 23.8 Å². The molecule has 4 aliphatic rings. The first kappa shape index (κ1) is 27.1. The number of ether oxygens (including phenoxy) is 4. The van der Waals surface area contributed by atoms with Gasteiger partial charge in [0.15, 0.2) is 29.1 Å². The molecule has 10 nitrogen and oxygen atoms in total. The maximum absolute atomic E-state index is 13.3. The van der Waals surface area contributed by atoms with Crippen LogP contribution in [-0.2, 0) is 35.7 Å². The summed E-state index contributed by atoms with van der Waals surface area (Å²) in [6.07, 6.45) is 2.54. The van der Waals surface area contributed by atoms with Crippen molar-refractivity contribution in [3.8, 4) is 17.2 Å². The number of oxime groups is 1. The number of nitrogens with zero attached hydrogens (tertiary/aromatic N) is 2. The van der Waals surface area contributed by atoms with E-state index in [2.05, 4.69) is 17.1 Å². The number of rotatable bonds is 6. The number of carbonyl (C=O) groups is 2. The lowest BCUT2D eigenvalue weighted by Crippen LogP contribution is -2.60. The highest BCUT2D eigenvalue weighted by molar-refractivity contribution is 6.13. The van der Waals surface area contributed by atoms with Gasteiger partial charge in [0.25, 0.3) is 0 Å². The second-order valence-electron chi connectivity index (χ2n) is 11.1. The zero-order chi connectivity index (χ0) is 29.1. The number of allylic oxidation sites excluding steroid dienone is 1. The quantitative estimate of drug-likeness (QED) is 0.530. The molecule has 2 aliphatic heterocycles. The second-order valence-corrected chi connectivity index (χ2v) is 11.1. The van der Waals surface area contributed by atoms with Crippen LogP contribution in [-0.4, -0.2) is 75.5 Å². The van der Waals surface area contributed by atoms with Crippen molar-refractivity contribution in [1.82, 2.24) is 4.90 Å². The Bertz CT molecular complexity index is 1470. The normalized spacial score (nSPS) is 28.5. The highest BCUT2D eigenvalue weighted by Gasteiger charge is 2.58. The molecule has 2 aromatic carbocycles. The number of hydrogen-bond donors (Lipinski definition) is 1. The van der Waals surface area contributed by atoms with Gasteiger partial charge in [-0.25, -0.2) is 0 Å². The summed E-state index contributed by atoms with van der Waals surface area (Å²) < 4.78 is 21.6. The fraction of sp³-hybridized carbons (Fsp3) is 0.452. The van der Waals surface area contributed by atoms with E-state index < -0.39 is 23.4 Å². The van der Waals surface area contributed by atoms with Crippen LogP contribution in [0.15, 0.2) is 47.3 Å². The maximum Gasteiger partial charge on any atom is 0.319 e. The number of piperidine rings is 1. The summed E-state index contributed by atoms with van der Waals surface area (Å²) in [7, 11) is 8.01. The lowest BCUT2D eigenvalue weighted by molar-refractivity contribution is -0.146. The Labute approximate surface area is 238 Å². The van der Waals surface area contributed by atoms with Crippen LogP contribution in [0.25, 0.3) is 0 Å². The Morgan fingerprint density at radius 3 is 2.54 bits per heavy atom. The molecular weight excluding hydrogens is 528 g/mol. The second kappa shape index (κ2) is 10.1. The van der Waals surface area contributed by atoms with Crippen molar-refractivity contribution in [3.05, 3.63) is 64.4 Å². The van der Waals surface area contributed by atoms with Crippen LogP contribution in [0.1, 0.15) is 41.2 Å². The lowest BCUT2D eigenvalue weighted by Gasteiger charge is -2.57. The van der Waals surface area contributed by atoms with Gasteiger partial charge in [-0.2, -0.15) is 0 Å². The Hall–Kier alpha value is -4.05. The van der Waals surface area contributed by atoms with E-state index in [1.807, 2.05) is 18.2 Å².